The van der Waals surface area contributed by atoms with Crippen LogP contribution in [0.5, 0.6) is 0 Å². The van der Waals surface area contributed by atoms with E-state index in [1.165, 1.54) is 6.92 Å². The first-order valence-electron chi connectivity index (χ1n) is 5.51. The molecule has 1 atom stereocenters. The van der Waals surface area contributed by atoms with Gasteiger partial charge in [-0.15, -0.1) is 0 Å². The summed E-state index contributed by atoms with van der Waals surface area (Å²) in [4.78, 5) is 23.1. The zero-order chi connectivity index (χ0) is 12.2. The molecule has 0 aromatic carbocycles. The Balaban J connectivity index is 2.85. The molecule has 1 fully saturated rings. The molecule has 1 N–H and O–H groups in total. The van der Waals surface area contributed by atoms with Gasteiger partial charge in [0.1, 0.15) is 0 Å². The molecule has 0 aliphatic carbocycles. The molecule has 5 nitrogen and oxygen atoms in total. The molecule has 1 unspecified atom stereocenters. The van der Waals surface area contributed by atoms with Crippen LogP contribution in [0.25, 0.3) is 0 Å². The van der Waals surface area contributed by atoms with Crippen molar-refractivity contribution in [1.82, 2.24) is 0 Å². The fourth-order valence-electron chi connectivity index (χ4n) is 1.98. The first-order chi connectivity index (χ1) is 7.53. The molecule has 1 heterocycles. The molecule has 1 saturated heterocycles. The average Bonchev–Trinajstić information content (AvgIpc) is 2.29. The summed E-state index contributed by atoms with van der Waals surface area (Å²) in [6.07, 6.45) is 1.17. The SMILES string of the molecule is CCOC(=O)C(C)(C(=O)O)C1CCOCC1. The molecule has 0 radical (unpaired) electrons. The van der Waals surface area contributed by atoms with Crippen LogP contribution in [-0.2, 0) is 19.1 Å². The number of hydrogen-bond donors (Lipinski definition) is 1. The summed E-state index contributed by atoms with van der Waals surface area (Å²) in [7, 11) is 0. The van der Waals surface area contributed by atoms with Crippen molar-refractivity contribution in [1.29, 1.82) is 0 Å². The lowest BCUT2D eigenvalue weighted by Gasteiger charge is -2.34. The van der Waals surface area contributed by atoms with Crippen molar-refractivity contribution < 1.29 is 24.2 Å². The van der Waals surface area contributed by atoms with Crippen molar-refractivity contribution in [3.8, 4) is 0 Å². The van der Waals surface area contributed by atoms with E-state index in [0.717, 1.165) is 0 Å². The first kappa shape index (κ1) is 13.0. The van der Waals surface area contributed by atoms with Gasteiger partial charge in [-0.25, -0.2) is 0 Å². The van der Waals surface area contributed by atoms with Gasteiger partial charge in [0.15, 0.2) is 5.41 Å². The fourth-order valence-corrected chi connectivity index (χ4v) is 1.98. The quantitative estimate of drug-likeness (QED) is 0.577. The van der Waals surface area contributed by atoms with Crippen molar-refractivity contribution in [2.45, 2.75) is 26.7 Å². The summed E-state index contributed by atoms with van der Waals surface area (Å²) in [5, 5.41) is 9.24. The third-order valence-electron chi connectivity index (χ3n) is 3.18. The van der Waals surface area contributed by atoms with Gasteiger partial charge in [0.25, 0.3) is 0 Å². The number of hydrogen-bond acceptors (Lipinski definition) is 4. The molecule has 0 amide bonds. The van der Waals surface area contributed by atoms with Gasteiger partial charge >= 0.3 is 11.9 Å². The van der Waals surface area contributed by atoms with E-state index >= 15 is 0 Å². The molecule has 0 aromatic rings. The standard InChI is InChI=1S/C11H18O5/c1-3-16-10(14)11(2,9(12)13)8-4-6-15-7-5-8/h8H,3-7H2,1-2H3,(H,12,13). The third kappa shape index (κ3) is 2.35. The number of carboxylic acid groups (broad SMARTS) is 1. The van der Waals surface area contributed by atoms with E-state index in [1.807, 2.05) is 0 Å². The minimum absolute atomic E-state index is 0.199. The Morgan fingerprint density at radius 2 is 2.00 bits per heavy atom. The number of esters is 1. The monoisotopic (exact) mass is 230 g/mol. The van der Waals surface area contributed by atoms with Crippen LogP contribution in [0, 0.1) is 11.3 Å². The van der Waals surface area contributed by atoms with Crippen LogP contribution in [0.2, 0.25) is 0 Å². The molecule has 5 heteroatoms. The predicted octanol–water partition coefficient (Wildman–Crippen LogP) is 1.07. The highest BCUT2D eigenvalue weighted by Gasteiger charge is 2.49. The molecule has 16 heavy (non-hydrogen) atoms. The number of ether oxygens (including phenoxy) is 2. The van der Waals surface area contributed by atoms with Crippen molar-refractivity contribution >= 4 is 11.9 Å². The number of rotatable bonds is 4. The lowest BCUT2D eigenvalue weighted by molar-refractivity contribution is -0.174. The summed E-state index contributed by atoms with van der Waals surface area (Å²) < 4.78 is 10.0. The van der Waals surface area contributed by atoms with Crippen molar-refractivity contribution in [2.24, 2.45) is 11.3 Å². The van der Waals surface area contributed by atoms with Gasteiger partial charge in [0, 0.05) is 13.2 Å². The Bertz CT molecular complexity index is 270. The minimum atomic E-state index is -1.44. The van der Waals surface area contributed by atoms with E-state index < -0.39 is 17.4 Å². The van der Waals surface area contributed by atoms with Gasteiger partial charge in [0.2, 0.25) is 0 Å². The summed E-state index contributed by atoms with van der Waals surface area (Å²) in [5.41, 5.74) is -1.44. The summed E-state index contributed by atoms with van der Waals surface area (Å²) in [6.45, 7) is 4.33. The normalized spacial score (nSPS) is 21.1. The van der Waals surface area contributed by atoms with Crippen molar-refractivity contribution in [2.75, 3.05) is 19.8 Å². The maximum Gasteiger partial charge on any atom is 0.323 e. The summed E-state index contributed by atoms with van der Waals surface area (Å²) >= 11 is 0. The van der Waals surface area contributed by atoms with E-state index in [-0.39, 0.29) is 12.5 Å². The van der Waals surface area contributed by atoms with Gasteiger partial charge in [-0.05, 0) is 32.6 Å². The second kappa shape index (κ2) is 5.30. The Kier molecular flexibility index (Phi) is 4.29. The van der Waals surface area contributed by atoms with Crippen LogP contribution in [0.1, 0.15) is 26.7 Å². The second-order valence-electron chi connectivity index (χ2n) is 4.11. The van der Waals surface area contributed by atoms with Crippen LogP contribution >= 0.6 is 0 Å². The third-order valence-corrected chi connectivity index (χ3v) is 3.18. The van der Waals surface area contributed by atoms with Gasteiger partial charge in [-0.2, -0.15) is 0 Å². The highest BCUT2D eigenvalue weighted by Crippen LogP contribution is 2.36. The maximum absolute atomic E-state index is 11.8. The molecular weight excluding hydrogens is 212 g/mol. The molecule has 0 bridgehead atoms. The lowest BCUT2D eigenvalue weighted by atomic mass is 9.73. The molecule has 1 aliphatic rings. The fraction of sp³-hybridized carbons (Fsp3) is 0.818. The smallest absolute Gasteiger partial charge is 0.323 e. The predicted molar refractivity (Wildman–Crippen MR) is 55.9 cm³/mol. The molecular formula is C11H18O5. The topological polar surface area (TPSA) is 72.8 Å². The second-order valence-corrected chi connectivity index (χ2v) is 4.11. The van der Waals surface area contributed by atoms with E-state index in [2.05, 4.69) is 0 Å². The molecule has 92 valence electrons. The lowest BCUT2D eigenvalue weighted by Crippen LogP contribution is -2.46. The summed E-state index contributed by atoms with van der Waals surface area (Å²) in [5.74, 6) is -1.97. The van der Waals surface area contributed by atoms with E-state index in [9.17, 15) is 14.7 Å². The minimum Gasteiger partial charge on any atom is -0.480 e. The molecule has 0 spiro atoms. The van der Waals surface area contributed by atoms with Gasteiger partial charge in [-0.3, -0.25) is 9.59 Å². The highest BCUT2D eigenvalue weighted by molar-refractivity contribution is 5.99. The van der Waals surface area contributed by atoms with Crippen LogP contribution in [0.3, 0.4) is 0 Å². The Hall–Kier alpha value is -1.10. The van der Waals surface area contributed by atoms with E-state index in [1.54, 1.807) is 6.92 Å². The Morgan fingerprint density at radius 1 is 1.44 bits per heavy atom. The zero-order valence-electron chi connectivity index (χ0n) is 9.69. The average molecular weight is 230 g/mol. The Morgan fingerprint density at radius 3 is 2.44 bits per heavy atom. The van der Waals surface area contributed by atoms with Gasteiger partial charge in [-0.1, -0.05) is 0 Å². The van der Waals surface area contributed by atoms with Crippen LogP contribution in [-0.4, -0.2) is 36.9 Å². The number of carbonyl (C=O) groups excluding carboxylic acids is 1. The number of carbonyl (C=O) groups is 2. The molecule has 0 aromatic heterocycles. The Labute approximate surface area is 94.7 Å². The first-order valence-corrected chi connectivity index (χ1v) is 5.51. The maximum atomic E-state index is 11.8. The van der Waals surface area contributed by atoms with Crippen LogP contribution < -0.4 is 0 Å². The zero-order valence-corrected chi connectivity index (χ0v) is 9.69. The van der Waals surface area contributed by atoms with E-state index in [4.69, 9.17) is 9.47 Å². The van der Waals surface area contributed by atoms with Gasteiger partial charge in [0.05, 0.1) is 6.61 Å². The number of aliphatic carboxylic acids is 1. The largest absolute Gasteiger partial charge is 0.480 e. The van der Waals surface area contributed by atoms with E-state index in [0.29, 0.717) is 26.1 Å². The van der Waals surface area contributed by atoms with Crippen molar-refractivity contribution in [3.63, 3.8) is 0 Å². The van der Waals surface area contributed by atoms with Crippen LogP contribution in [0.15, 0.2) is 0 Å². The molecule has 0 saturated carbocycles. The molecule has 1 aliphatic heterocycles. The van der Waals surface area contributed by atoms with Gasteiger partial charge < -0.3 is 14.6 Å². The van der Waals surface area contributed by atoms with Crippen LogP contribution in [0.4, 0.5) is 0 Å². The number of carboxylic acids is 1. The summed E-state index contributed by atoms with van der Waals surface area (Å²) in [6, 6.07) is 0. The van der Waals surface area contributed by atoms with Crippen molar-refractivity contribution in [3.05, 3.63) is 0 Å². The molecule has 1 rings (SSSR count). The highest BCUT2D eigenvalue weighted by atomic mass is 16.5.